The van der Waals surface area contributed by atoms with Gasteiger partial charge in [0.05, 0.1) is 10.7 Å². The topological polar surface area (TPSA) is 48.1 Å². The fourth-order valence-corrected chi connectivity index (χ4v) is 1.63. The Balaban J connectivity index is 2.28. The number of pyridine rings is 1. The van der Waals surface area contributed by atoms with Crippen LogP contribution in [0.5, 0.6) is 11.6 Å². The molecule has 0 unspecified atom stereocenters. The molecular formula is C13H13ClN2O. The van der Waals surface area contributed by atoms with Crippen molar-refractivity contribution in [1.29, 1.82) is 0 Å². The summed E-state index contributed by atoms with van der Waals surface area (Å²) < 4.78 is 5.68. The lowest BCUT2D eigenvalue weighted by Gasteiger charge is -2.09. The van der Waals surface area contributed by atoms with Crippen LogP contribution in [-0.4, -0.2) is 4.98 Å². The number of rotatable bonds is 3. The SMILES string of the molecule is Cc1ccccc1Oc1ccc(Cl)c(CN)n1. The minimum atomic E-state index is 0.295. The van der Waals surface area contributed by atoms with E-state index in [1.165, 1.54) is 0 Å². The van der Waals surface area contributed by atoms with Gasteiger partial charge in [-0.05, 0) is 24.6 Å². The summed E-state index contributed by atoms with van der Waals surface area (Å²) in [5, 5.41) is 0.560. The maximum absolute atomic E-state index is 5.93. The highest BCUT2D eigenvalue weighted by molar-refractivity contribution is 6.31. The summed E-state index contributed by atoms with van der Waals surface area (Å²) in [5.74, 6) is 1.29. The smallest absolute Gasteiger partial charge is 0.219 e. The van der Waals surface area contributed by atoms with Gasteiger partial charge in [-0.1, -0.05) is 29.8 Å². The Labute approximate surface area is 105 Å². The summed E-state index contributed by atoms with van der Waals surface area (Å²) in [6.07, 6.45) is 0. The third-order valence-electron chi connectivity index (χ3n) is 2.39. The average molecular weight is 249 g/mol. The molecule has 2 N–H and O–H groups in total. The zero-order valence-corrected chi connectivity index (χ0v) is 10.2. The molecular weight excluding hydrogens is 236 g/mol. The van der Waals surface area contributed by atoms with Crippen molar-refractivity contribution in [3.05, 3.63) is 52.7 Å². The Hall–Kier alpha value is -1.58. The van der Waals surface area contributed by atoms with Crippen LogP contribution in [-0.2, 0) is 6.54 Å². The monoisotopic (exact) mass is 248 g/mol. The van der Waals surface area contributed by atoms with Crippen LogP contribution in [0.3, 0.4) is 0 Å². The standard InChI is InChI=1S/C13H13ClN2O/c1-9-4-2-3-5-12(9)17-13-7-6-10(14)11(8-15)16-13/h2-7H,8,15H2,1H3. The summed E-state index contributed by atoms with van der Waals surface area (Å²) in [7, 11) is 0. The van der Waals surface area contributed by atoms with E-state index in [-0.39, 0.29) is 0 Å². The Kier molecular flexibility index (Phi) is 3.61. The Morgan fingerprint density at radius 3 is 2.71 bits per heavy atom. The van der Waals surface area contributed by atoms with Gasteiger partial charge in [0.25, 0.3) is 0 Å². The van der Waals surface area contributed by atoms with E-state index in [0.717, 1.165) is 11.3 Å². The summed E-state index contributed by atoms with van der Waals surface area (Å²) in [4.78, 5) is 4.25. The summed E-state index contributed by atoms with van der Waals surface area (Å²) in [5.41, 5.74) is 7.23. The molecule has 3 nitrogen and oxygen atoms in total. The lowest BCUT2D eigenvalue weighted by atomic mass is 10.2. The number of para-hydroxylation sites is 1. The second-order valence-corrected chi connectivity index (χ2v) is 4.06. The maximum Gasteiger partial charge on any atom is 0.219 e. The third kappa shape index (κ3) is 2.75. The number of hydrogen-bond donors (Lipinski definition) is 1. The first-order chi connectivity index (χ1) is 8.20. The molecule has 1 aromatic carbocycles. The van der Waals surface area contributed by atoms with Gasteiger partial charge in [-0.2, -0.15) is 0 Å². The second-order valence-electron chi connectivity index (χ2n) is 3.65. The summed E-state index contributed by atoms with van der Waals surface area (Å²) >= 11 is 5.93. The molecule has 0 radical (unpaired) electrons. The van der Waals surface area contributed by atoms with E-state index in [9.17, 15) is 0 Å². The minimum Gasteiger partial charge on any atom is -0.439 e. The fraction of sp³-hybridized carbons (Fsp3) is 0.154. The predicted molar refractivity (Wildman–Crippen MR) is 68.4 cm³/mol. The van der Waals surface area contributed by atoms with Gasteiger partial charge in [-0.3, -0.25) is 0 Å². The molecule has 0 atom stereocenters. The largest absolute Gasteiger partial charge is 0.439 e. The molecule has 4 heteroatoms. The zero-order chi connectivity index (χ0) is 12.3. The third-order valence-corrected chi connectivity index (χ3v) is 2.74. The van der Waals surface area contributed by atoms with Gasteiger partial charge in [0.15, 0.2) is 0 Å². The van der Waals surface area contributed by atoms with Crippen molar-refractivity contribution >= 4 is 11.6 Å². The van der Waals surface area contributed by atoms with Gasteiger partial charge in [0, 0.05) is 12.6 Å². The Bertz CT molecular complexity index is 529. The van der Waals surface area contributed by atoms with E-state index >= 15 is 0 Å². The normalized spacial score (nSPS) is 10.3. The average Bonchev–Trinajstić information content (AvgIpc) is 2.34. The molecule has 1 aromatic heterocycles. The fourth-order valence-electron chi connectivity index (χ4n) is 1.45. The van der Waals surface area contributed by atoms with E-state index in [1.807, 2.05) is 31.2 Å². The van der Waals surface area contributed by atoms with Crippen LogP contribution in [0.25, 0.3) is 0 Å². The molecule has 17 heavy (non-hydrogen) atoms. The number of ether oxygens (including phenoxy) is 1. The van der Waals surface area contributed by atoms with Gasteiger partial charge in [0.1, 0.15) is 5.75 Å². The zero-order valence-electron chi connectivity index (χ0n) is 9.48. The molecule has 0 saturated heterocycles. The lowest BCUT2D eigenvalue weighted by molar-refractivity contribution is 0.457. The van der Waals surface area contributed by atoms with E-state index < -0.39 is 0 Å². The molecule has 0 bridgehead atoms. The van der Waals surface area contributed by atoms with Crippen molar-refractivity contribution in [2.24, 2.45) is 5.73 Å². The minimum absolute atomic E-state index is 0.295. The van der Waals surface area contributed by atoms with Crippen molar-refractivity contribution in [3.8, 4) is 11.6 Å². The van der Waals surface area contributed by atoms with E-state index in [4.69, 9.17) is 22.1 Å². The van der Waals surface area contributed by atoms with Gasteiger partial charge < -0.3 is 10.5 Å². The number of nitrogens with two attached hydrogens (primary N) is 1. The van der Waals surface area contributed by atoms with Crippen LogP contribution in [0.15, 0.2) is 36.4 Å². The first kappa shape index (κ1) is 11.9. The number of nitrogens with zero attached hydrogens (tertiary/aromatic N) is 1. The molecule has 0 amide bonds. The molecule has 88 valence electrons. The van der Waals surface area contributed by atoms with Crippen LogP contribution in [0.1, 0.15) is 11.3 Å². The van der Waals surface area contributed by atoms with E-state index in [2.05, 4.69) is 4.98 Å². The molecule has 1 heterocycles. The van der Waals surface area contributed by atoms with Gasteiger partial charge in [0.2, 0.25) is 5.88 Å². The van der Waals surface area contributed by atoms with E-state index in [0.29, 0.717) is 23.1 Å². The van der Waals surface area contributed by atoms with Crippen LogP contribution in [0.4, 0.5) is 0 Å². The summed E-state index contributed by atoms with van der Waals surface area (Å²) in [6, 6.07) is 11.2. The molecule has 2 aromatic rings. The molecule has 0 saturated carbocycles. The van der Waals surface area contributed by atoms with Gasteiger partial charge >= 0.3 is 0 Å². The van der Waals surface area contributed by atoms with Crippen LogP contribution >= 0.6 is 11.6 Å². The highest BCUT2D eigenvalue weighted by Gasteiger charge is 2.05. The Morgan fingerprint density at radius 1 is 1.24 bits per heavy atom. The Morgan fingerprint density at radius 2 is 2.00 bits per heavy atom. The van der Waals surface area contributed by atoms with Crippen LogP contribution < -0.4 is 10.5 Å². The van der Waals surface area contributed by atoms with Crippen molar-refractivity contribution < 1.29 is 4.74 Å². The quantitative estimate of drug-likeness (QED) is 0.907. The van der Waals surface area contributed by atoms with Gasteiger partial charge in [-0.15, -0.1) is 0 Å². The number of aryl methyl sites for hydroxylation is 1. The highest BCUT2D eigenvalue weighted by atomic mass is 35.5. The number of aromatic nitrogens is 1. The second kappa shape index (κ2) is 5.17. The molecule has 2 rings (SSSR count). The molecule has 0 aliphatic heterocycles. The molecule has 0 aliphatic carbocycles. The molecule has 0 spiro atoms. The summed E-state index contributed by atoms with van der Waals surface area (Å²) in [6.45, 7) is 2.28. The first-order valence-corrected chi connectivity index (χ1v) is 5.67. The predicted octanol–water partition coefficient (Wildman–Crippen LogP) is 3.29. The number of hydrogen-bond acceptors (Lipinski definition) is 3. The van der Waals surface area contributed by atoms with Gasteiger partial charge in [-0.25, -0.2) is 4.98 Å². The lowest BCUT2D eigenvalue weighted by Crippen LogP contribution is -2.01. The van der Waals surface area contributed by atoms with Crippen molar-refractivity contribution in [3.63, 3.8) is 0 Å². The van der Waals surface area contributed by atoms with Crippen molar-refractivity contribution in [2.45, 2.75) is 13.5 Å². The van der Waals surface area contributed by atoms with Crippen molar-refractivity contribution in [1.82, 2.24) is 4.98 Å². The first-order valence-electron chi connectivity index (χ1n) is 5.29. The number of halogens is 1. The number of benzene rings is 1. The van der Waals surface area contributed by atoms with E-state index in [1.54, 1.807) is 12.1 Å². The van der Waals surface area contributed by atoms with Crippen molar-refractivity contribution in [2.75, 3.05) is 0 Å². The molecule has 0 aliphatic rings. The highest BCUT2D eigenvalue weighted by Crippen LogP contribution is 2.25. The van der Waals surface area contributed by atoms with Crippen LogP contribution in [0.2, 0.25) is 5.02 Å². The van der Waals surface area contributed by atoms with Crippen LogP contribution in [0, 0.1) is 6.92 Å². The maximum atomic E-state index is 5.93. The molecule has 0 fully saturated rings.